The summed E-state index contributed by atoms with van der Waals surface area (Å²) >= 11 is 0. The van der Waals surface area contributed by atoms with Crippen LogP contribution in [0, 0.1) is 17.5 Å². The Hall–Kier alpha value is -3.40. The number of rotatable bonds is 7. The Kier molecular flexibility index (Phi) is 6.72. The summed E-state index contributed by atoms with van der Waals surface area (Å²) < 4.78 is 39.8. The first-order chi connectivity index (χ1) is 13.2. The van der Waals surface area contributed by atoms with E-state index in [1.807, 2.05) is 0 Å². The van der Waals surface area contributed by atoms with Gasteiger partial charge in [0.2, 0.25) is 11.8 Å². The molecule has 2 aromatic rings. The van der Waals surface area contributed by atoms with Gasteiger partial charge in [0.15, 0.2) is 17.5 Å². The normalized spacial score (nSPS) is 11.6. The lowest BCUT2D eigenvalue weighted by Gasteiger charge is -2.17. The van der Waals surface area contributed by atoms with Gasteiger partial charge in [0, 0.05) is 12.8 Å². The van der Waals surface area contributed by atoms with Gasteiger partial charge in [-0.05, 0) is 28.8 Å². The van der Waals surface area contributed by atoms with Gasteiger partial charge in [0.05, 0.1) is 0 Å². The van der Waals surface area contributed by atoms with Crippen molar-refractivity contribution < 1.29 is 32.8 Å². The predicted octanol–water partition coefficient (Wildman–Crippen LogP) is 1.70. The first-order valence-corrected chi connectivity index (χ1v) is 7.99. The zero-order valence-corrected chi connectivity index (χ0v) is 14.3. The molecular formula is C18H16F3N3O4. The van der Waals surface area contributed by atoms with Crippen LogP contribution >= 0.6 is 0 Å². The van der Waals surface area contributed by atoms with Crippen LogP contribution in [0.1, 0.15) is 24.4 Å². The van der Waals surface area contributed by atoms with E-state index >= 15 is 0 Å². The first-order valence-electron chi connectivity index (χ1n) is 7.99. The first kappa shape index (κ1) is 20.9. The van der Waals surface area contributed by atoms with Gasteiger partial charge < -0.3 is 11.1 Å². The van der Waals surface area contributed by atoms with E-state index in [9.17, 15) is 27.6 Å². The fourth-order valence-electron chi connectivity index (χ4n) is 2.42. The van der Waals surface area contributed by atoms with Gasteiger partial charge in [0.25, 0.3) is 5.91 Å². The van der Waals surface area contributed by atoms with Gasteiger partial charge in [-0.1, -0.05) is 24.3 Å². The van der Waals surface area contributed by atoms with Crippen molar-refractivity contribution in [2.75, 3.05) is 0 Å². The standard InChI is InChI=1S/C18H16F3N3O4/c19-12-7-11(8-13(20)16(12)21)9-1-3-10(4-2-9)17(18(27)24-28)23-15(26)6-5-14(22)25/h1-4,7-8,17,28H,5-6H2,(H2,22,25)(H,23,26)(H,24,27). The summed E-state index contributed by atoms with van der Waals surface area (Å²) in [4.78, 5) is 34.4. The minimum Gasteiger partial charge on any atom is -0.370 e. The largest absolute Gasteiger partial charge is 0.370 e. The quantitative estimate of drug-likeness (QED) is 0.324. The van der Waals surface area contributed by atoms with Gasteiger partial charge in [-0.25, -0.2) is 18.7 Å². The van der Waals surface area contributed by atoms with Crippen LogP contribution in [0.25, 0.3) is 11.1 Å². The predicted molar refractivity (Wildman–Crippen MR) is 91.0 cm³/mol. The number of halogens is 3. The van der Waals surface area contributed by atoms with Crippen LogP contribution in [0.5, 0.6) is 0 Å². The minimum absolute atomic E-state index is 0.0663. The number of benzene rings is 2. The number of carbonyl (C=O) groups excluding carboxylic acids is 3. The zero-order chi connectivity index (χ0) is 20.8. The average molecular weight is 395 g/mol. The maximum atomic E-state index is 13.4. The number of primary amides is 1. The highest BCUT2D eigenvalue weighted by Crippen LogP contribution is 2.25. The van der Waals surface area contributed by atoms with Crippen molar-refractivity contribution in [2.24, 2.45) is 5.73 Å². The molecule has 28 heavy (non-hydrogen) atoms. The monoisotopic (exact) mass is 395 g/mol. The Labute approximate surface area is 157 Å². The smallest absolute Gasteiger partial charge is 0.270 e. The summed E-state index contributed by atoms with van der Waals surface area (Å²) in [6.45, 7) is 0. The summed E-state index contributed by atoms with van der Waals surface area (Å²) in [5.41, 5.74) is 7.00. The number of nitrogens with two attached hydrogens (primary N) is 1. The van der Waals surface area contributed by atoms with E-state index in [1.54, 1.807) is 0 Å². The van der Waals surface area contributed by atoms with Crippen LogP contribution in [-0.2, 0) is 14.4 Å². The molecule has 0 saturated carbocycles. The molecule has 1 unspecified atom stereocenters. The summed E-state index contributed by atoms with van der Waals surface area (Å²) in [5, 5.41) is 11.2. The van der Waals surface area contributed by atoms with E-state index in [0.29, 0.717) is 5.56 Å². The van der Waals surface area contributed by atoms with E-state index in [4.69, 9.17) is 10.9 Å². The lowest BCUT2D eigenvalue weighted by Crippen LogP contribution is -2.39. The van der Waals surface area contributed by atoms with Crippen LogP contribution in [0.15, 0.2) is 36.4 Å². The van der Waals surface area contributed by atoms with Gasteiger partial charge in [-0.2, -0.15) is 0 Å². The van der Waals surface area contributed by atoms with Gasteiger partial charge >= 0.3 is 0 Å². The van der Waals surface area contributed by atoms with Gasteiger partial charge in [-0.15, -0.1) is 0 Å². The zero-order valence-electron chi connectivity index (χ0n) is 14.3. The molecule has 5 N–H and O–H groups in total. The number of hydroxylamine groups is 1. The van der Waals surface area contributed by atoms with Crippen molar-refractivity contribution in [2.45, 2.75) is 18.9 Å². The van der Waals surface area contributed by atoms with Crippen molar-refractivity contribution in [3.8, 4) is 11.1 Å². The molecule has 2 aromatic carbocycles. The average Bonchev–Trinajstić information content (AvgIpc) is 2.67. The second-order valence-corrected chi connectivity index (χ2v) is 5.82. The maximum Gasteiger partial charge on any atom is 0.270 e. The second-order valence-electron chi connectivity index (χ2n) is 5.82. The summed E-state index contributed by atoms with van der Waals surface area (Å²) in [7, 11) is 0. The van der Waals surface area contributed by atoms with E-state index in [1.165, 1.54) is 29.7 Å². The molecule has 2 rings (SSSR count). The molecule has 0 spiro atoms. The third-order valence-corrected chi connectivity index (χ3v) is 3.84. The molecule has 0 aliphatic rings. The minimum atomic E-state index is -1.58. The van der Waals surface area contributed by atoms with Gasteiger partial charge in [-0.3, -0.25) is 19.6 Å². The molecule has 0 heterocycles. The van der Waals surface area contributed by atoms with Crippen LogP contribution in [0.2, 0.25) is 0 Å². The molecule has 0 fully saturated rings. The molecule has 0 radical (unpaired) electrons. The van der Waals surface area contributed by atoms with E-state index in [0.717, 1.165) is 12.1 Å². The van der Waals surface area contributed by atoms with Crippen LogP contribution < -0.4 is 16.5 Å². The number of hydrogen-bond donors (Lipinski definition) is 4. The molecule has 3 amide bonds. The number of nitrogens with one attached hydrogen (secondary N) is 2. The topological polar surface area (TPSA) is 122 Å². The van der Waals surface area contributed by atoms with Crippen LogP contribution in [0.4, 0.5) is 13.2 Å². The fraction of sp³-hybridized carbons (Fsp3) is 0.167. The van der Waals surface area contributed by atoms with Crippen molar-refractivity contribution in [1.29, 1.82) is 0 Å². The Bertz CT molecular complexity index is 880. The third kappa shape index (κ3) is 5.07. The van der Waals surface area contributed by atoms with Crippen LogP contribution in [0.3, 0.4) is 0 Å². The Morgan fingerprint density at radius 1 is 0.964 bits per heavy atom. The molecule has 7 nitrogen and oxygen atoms in total. The molecule has 148 valence electrons. The molecular weight excluding hydrogens is 379 g/mol. The highest BCUT2D eigenvalue weighted by molar-refractivity contribution is 5.89. The number of amides is 3. The molecule has 0 bridgehead atoms. The lowest BCUT2D eigenvalue weighted by molar-refractivity contribution is -0.135. The SMILES string of the molecule is NC(=O)CCC(=O)NC(C(=O)NO)c1ccc(-c2cc(F)c(F)c(F)c2)cc1. The lowest BCUT2D eigenvalue weighted by atomic mass is 10.00. The molecule has 0 aromatic heterocycles. The highest BCUT2D eigenvalue weighted by Gasteiger charge is 2.23. The van der Waals surface area contributed by atoms with Crippen molar-refractivity contribution in [1.82, 2.24) is 10.8 Å². The van der Waals surface area contributed by atoms with E-state index < -0.39 is 41.2 Å². The summed E-state index contributed by atoms with van der Waals surface area (Å²) in [6, 6.07) is 5.89. The van der Waals surface area contributed by atoms with Crippen LogP contribution in [-0.4, -0.2) is 22.9 Å². The Balaban J connectivity index is 2.25. The maximum absolute atomic E-state index is 13.4. The molecule has 0 aliphatic heterocycles. The van der Waals surface area contributed by atoms with Crippen molar-refractivity contribution in [3.63, 3.8) is 0 Å². The second kappa shape index (κ2) is 9.00. The molecule has 10 heteroatoms. The van der Waals surface area contributed by atoms with E-state index in [2.05, 4.69) is 5.32 Å². The summed E-state index contributed by atoms with van der Waals surface area (Å²) in [5.74, 6) is -6.57. The number of hydrogen-bond acceptors (Lipinski definition) is 4. The molecule has 0 saturated heterocycles. The van der Waals surface area contributed by atoms with Crippen molar-refractivity contribution >= 4 is 17.7 Å². The molecule has 0 aliphatic carbocycles. The highest BCUT2D eigenvalue weighted by atomic mass is 19.2. The third-order valence-electron chi connectivity index (χ3n) is 3.84. The van der Waals surface area contributed by atoms with E-state index in [-0.39, 0.29) is 24.0 Å². The fourth-order valence-corrected chi connectivity index (χ4v) is 2.42. The Morgan fingerprint density at radius 2 is 1.54 bits per heavy atom. The molecule has 1 atom stereocenters. The van der Waals surface area contributed by atoms with Crippen molar-refractivity contribution in [3.05, 3.63) is 59.4 Å². The Morgan fingerprint density at radius 3 is 2.04 bits per heavy atom. The number of carbonyl (C=O) groups is 3. The summed E-state index contributed by atoms with van der Waals surface area (Å²) in [6.07, 6.45) is -0.476. The van der Waals surface area contributed by atoms with Gasteiger partial charge in [0.1, 0.15) is 6.04 Å².